The number of nitrogen functional groups attached to an aromatic ring is 1. The van der Waals surface area contributed by atoms with Crippen molar-refractivity contribution in [3.63, 3.8) is 0 Å². The van der Waals surface area contributed by atoms with E-state index in [-0.39, 0.29) is 21.3 Å². The van der Waals surface area contributed by atoms with Crippen molar-refractivity contribution in [3.8, 4) is 16.9 Å². The molecule has 0 unspecified atom stereocenters. The summed E-state index contributed by atoms with van der Waals surface area (Å²) in [7, 11) is -6.06. The molecule has 1 heterocycles. The van der Waals surface area contributed by atoms with Gasteiger partial charge in [0.2, 0.25) is 22.0 Å². The molecule has 0 saturated heterocycles. The number of carbonyl (C=O) groups is 2. The molecular formula is C25H26F3N3O7S4. The van der Waals surface area contributed by atoms with E-state index >= 15 is 0 Å². The normalized spacial score (nSPS) is 11.7. The quantitative estimate of drug-likeness (QED) is 0.130. The van der Waals surface area contributed by atoms with Gasteiger partial charge >= 0.3 is 6.18 Å². The van der Waals surface area contributed by atoms with Gasteiger partial charge in [0.1, 0.15) is 17.3 Å². The Morgan fingerprint density at radius 1 is 1.17 bits per heavy atom. The van der Waals surface area contributed by atoms with E-state index in [2.05, 4.69) is 5.32 Å². The van der Waals surface area contributed by atoms with Crippen LogP contribution in [0.5, 0.6) is 5.75 Å². The molecule has 0 spiro atoms. The lowest BCUT2D eigenvalue weighted by atomic mass is 9.98. The maximum Gasteiger partial charge on any atom is 0.446 e. The zero-order valence-electron chi connectivity index (χ0n) is 22.5. The van der Waals surface area contributed by atoms with Crippen LogP contribution in [0.15, 0.2) is 56.5 Å². The number of hydrogen-bond donors (Lipinski definition) is 3. The average Bonchev–Trinajstić information content (AvgIpc) is 3.33. The van der Waals surface area contributed by atoms with Crippen molar-refractivity contribution in [1.82, 2.24) is 0 Å². The first-order valence-corrected chi connectivity index (χ1v) is 17.0. The summed E-state index contributed by atoms with van der Waals surface area (Å²) in [5.41, 5.74) is 7.56. The highest BCUT2D eigenvalue weighted by atomic mass is 32.2. The van der Waals surface area contributed by atoms with Crippen LogP contribution in [0.4, 0.5) is 18.9 Å². The number of nitrogens with one attached hydrogen (secondary N) is 2. The van der Waals surface area contributed by atoms with Gasteiger partial charge in [-0.1, -0.05) is 12.1 Å². The van der Waals surface area contributed by atoms with E-state index in [0.29, 0.717) is 31.5 Å². The molecule has 0 radical (unpaired) electrons. The Balaban J connectivity index is 0.000000928. The van der Waals surface area contributed by atoms with Gasteiger partial charge in [0.15, 0.2) is 9.84 Å². The molecule has 0 bridgehead atoms. The Labute approximate surface area is 248 Å². The molecule has 1 amide bonds. The number of benzene rings is 2. The second-order valence-corrected chi connectivity index (χ2v) is 14.7. The molecule has 0 atom stereocenters. The number of halogens is 3. The van der Waals surface area contributed by atoms with E-state index in [4.69, 9.17) is 20.7 Å². The molecule has 17 heteroatoms. The average molecular weight is 666 g/mol. The van der Waals surface area contributed by atoms with Gasteiger partial charge < -0.3 is 15.8 Å². The number of aryl methyl sites for hydroxylation is 1. The summed E-state index contributed by atoms with van der Waals surface area (Å²) >= 11 is 2.39. The number of sulfone groups is 2. The number of aldehydes is 1. The monoisotopic (exact) mass is 665 g/mol. The zero-order chi connectivity index (χ0) is 32.0. The Morgan fingerprint density at radius 3 is 2.29 bits per heavy atom. The number of anilines is 1. The topological polar surface area (TPSA) is 174 Å². The summed E-state index contributed by atoms with van der Waals surface area (Å²) in [6, 6.07) is 10.9. The number of nitrogens with two attached hydrogens (primary N) is 1. The van der Waals surface area contributed by atoms with Gasteiger partial charge in [-0.3, -0.25) is 15.0 Å². The second-order valence-electron chi connectivity index (χ2n) is 8.56. The molecule has 0 saturated carbocycles. The molecule has 0 aliphatic rings. The van der Waals surface area contributed by atoms with E-state index < -0.39 is 43.8 Å². The third-order valence-corrected chi connectivity index (χ3v) is 10.3. The zero-order valence-corrected chi connectivity index (χ0v) is 25.8. The lowest BCUT2D eigenvalue weighted by Gasteiger charge is -2.17. The number of carbonyl (C=O) groups excluding carboxylic acids is 2. The van der Waals surface area contributed by atoms with Gasteiger partial charge in [-0.2, -0.15) is 13.2 Å². The molecule has 10 nitrogen and oxygen atoms in total. The summed E-state index contributed by atoms with van der Waals surface area (Å²) in [4.78, 5) is 21.6. The molecule has 0 aliphatic heterocycles. The van der Waals surface area contributed by atoms with Crippen molar-refractivity contribution in [1.29, 1.82) is 5.41 Å². The number of alkyl halides is 3. The largest absolute Gasteiger partial charge is 0.497 e. The summed E-state index contributed by atoms with van der Waals surface area (Å²) in [6.45, 7) is 1.77. The number of thiophene rings is 1. The molecule has 1 aromatic heterocycles. The first-order chi connectivity index (χ1) is 19.3. The number of rotatable bonds is 9. The Hall–Kier alpha value is -3.41. The summed E-state index contributed by atoms with van der Waals surface area (Å²) in [6.07, 6.45) is -2.99. The van der Waals surface area contributed by atoms with Crippen molar-refractivity contribution < 1.29 is 44.3 Å². The second kappa shape index (κ2) is 13.7. The molecule has 2 aromatic carbocycles. The van der Waals surface area contributed by atoms with Crippen molar-refractivity contribution in [2.75, 3.05) is 30.7 Å². The molecular weight excluding hydrogens is 640 g/mol. The van der Waals surface area contributed by atoms with Crippen LogP contribution < -0.4 is 15.8 Å². The van der Waals surface area contributed by atoms with Gasteiger partial charge in [-0.25, -0.2) is 16.8 Å². The van der Waals surface area contributed by atoms with E-state index in [1.54, 1.807) is 37.4 Å². The molecule has 3 rings (SSSR count). The van der Waals surface area contributed by atoms with Crippen LogP contribution in [-0.4, -0.2) is 66.4 Å². The van der Waals surface area contributed by atoms with E-state index in [9.17, 15) is 34.8 Å². The van der Waals surface area contributed by atoms with Gasteiger partial charge in [-0.05, 0) is 48.6 Å². The van der Waals surface area contributed by atoms with Crippen LogP contribution in [-0.2, 0) is 29.3 Å². The molecule has 4 N–H and O–H groups in total. The molecule has 3 aromatic rings. The van der Waals surface area contributed by atoms with Gasteiger partial charge in [0, 0.05) is 17.9 Å². The van der Waals surface area contributed by atoms with Crippen LogP contribution in [0.1, 0.15) is 10.4 Å². The van der Waals surface area contributed by atoms with Crippen LogP contribution in [0.25, 0.3) is 11.1 Å². The van der Waals surface area contributed by atoms with Gasteiger partial charge in [-0.15, -0.1) is 23.1 Å². The highest BCUT2D eigenvalue weighted by Crippen LogP contribution is 2.40. The molecule has 228 valence electrons. The predicted octanol–water partition coefficient (Wildman–Crippen LogP) is 4.30. The van der Waals surface area contributed by atoms with Crippen LogP contribution in [0.3, 0.4) is 0 Å². The van der Waals surface area contributed by atoms with Gasteiger partial charge in [0.05, 0.1) is 31.7 Å². The van der Waals surface area contributed by atoms with E-state index in [1.165, 1.54) is 37.1 Å². The first kappa shape index (κ1) is 34.8. The Morgan fingerprint density at radius 2 is 1.79 bits per heavy atom. The number of thioether (sulfide) groups is 1. The molecule has 0 aliphatic carbocycles. The summed E-state index contributed by atoms with van der Waals surface area (Å²) in [5, 5.41) is 10.3. The van der Waals surface area contributed by atoms with E-state index in [0.717, 1.165) is 17.6 Å². The standard InChI is InChI=1S/C23H25N3O6S4.C2HF3O/c1-13-8-15(32-2)10-17(26-20(27)12-35(4,28)29)21(13)14-6-5-7-16(9-14)36(30,31)19-11-18(22(24)25)34-23(19)33-3;3-2(4,5)1-6/h5-11H,12H2,1-4H3,(H3,24,25)(H,26,27);1H. The van der Waals surface area contributed by atoms with Crippen LogP contribution >= 0.6 is 23.1 Å². The number of methoxy groups -OCH3 is 1. The maximum absolute atomic E-state index is 13.6. The fourth-order valence-electron chi connectivity index (χ4n) is 3.54. The number of amides is 1. The van der Waals surface area contributed by atoms with Crippen molar-refractivity contribution in [2.24, 2.45) is 5.73 Å². The number of hydrogen-bond acceptors (Lipinski definition) is 10. The molecule has 0 fully saturated rings. The molecule has 42 heavy (non-hydrogen) atoms. The highest BCUT2D eigenvalue weighted by Gasteiger charge is 2.26. The Bertz CT molecular complexity index is 1720. The fraction of sp³-hybridized carbons (Fsp3) is 0.240. The number of amidine groups is 1. The lowest BCUT2D eigenvalue weighted by Crippen LogP contribution is -2.22. The SMILES string of the molecule is COc1cc(C)c(-c2cccc(S(=O)(=O)c3cc(C(=N)N)sc3SC)c2)c(NC(=O)CS(C)(=O)=O)c1.O=CC(F)(F)F. The third kappa shape index (κ3) is 9.30. The van der Waals surface area contributed by atoms with Crippen LogP contribution in [0.2, 0.25) is 0 Å². The number of ether oxygens (including phenoxy) is 1. The van der Waals surface area contributed by atoms with Gasteiger partial charge in [0.25, 0.3) is 0 Å². The van der Waals surface area contributed by atoms with Crippen molar-refractivity contribution in [3.05, 3.63) is 52.9 Å². The third-order valence-electron chi connectivity index (χ3n) is 5.19. The first-order valence-electron chi connectivity index (χ1n) is 11.4. The maximum atomic E-state index is 13.6. The predicted molar refractivity (Wildman–Crippen MR) is 156 cm³/mol. The van der Waals surface area contributed by atoms with E-state index in [1.807, 2.05) is 0 Å². The lowest BCUT2D eigenvalue weighted by molar-refractivity contribution is -0.156. The summed E-state index contributed by atoms with van der Waals surface area (Å²) in [5.74, 6) is -1.21. The smallest absolute Gasteiger partial charge is 0.446 e. The minimum atomic E-state index is -4.64. The summed E-state index contributed by atoms with van der Waals surface area (Å²) < 4.78 is 87.4. The fourth-order valence-corrected chi connectivity index (χ4v) is 7.99. The highest BCUT2D eigenvalue weighted by molar-refractivity contribution is 8.01. The minimum Gasteiger partial charge on any atom is -0.497 e. The minimum absolute atomic E-state index is 0.0202. The van der Waals surface area contributed by atoms with Crippen LogP contribution in [0, 0.1) is 12.3 Å². The van der Waals surface area contributed by atoms with Crippen molar-refractivity contribution >= 4 is 66.5 Å². The Kier molecular flexibility index (Phi) is 11.4. The van der Waals surface area contributed by atoms with Crippen molar-refractivity contribution in [2.45, 2.75) is 27.1 Å².